The van der Waals surface area contributed by atoms with Crippen LogP contribution in [0.15, 0.2) is 48.5 Å². The topological polar surface area (TPSA) is 77.0 Å². The summed E-state index contributed by atoms with van der Waals surface area (Å²) in [7, 11) is 0. The molecule has 6 heteroatoms. The molecule has 1 aromatic heterocycles. The summed E-state index contributed by atoms with van der Waals surface area (Å²) in [6.07, 6.45) is 0. The number of halogens is 1. The second-order valence-corrected chi connectivity index (χ2v) is 4.67. The molecule has 0 amide bonds. The normalized spacial score (nSPS) is 10.7. The average Bonchev–Trinajstić information content (AvgIpc) is 2.84. The van der Waals surface area contributed by atoms with Crippen molar-refractivity contribution in [1.82, 2.24) is 15.0 Å². The van der Waals surface area contributed by atoms with E-state index in [1.54, 1.807) is 12.1 Å². The Morgan fingerprint density at radius 3 is 2.60 bits per heavy atom. The van der Waals surface area contributed by atoms with Gasteiger partial charge in [-0.25, -0.2) is 0 Å². The number of rotatable bonds is 2. The summed E-state index contributed by atoms with van der Waals surface area (Å²) >= 11 is 5.94. The van der Waals surface area contributed by atoms with Crippen LogP contribution in [0.1, 0.15) is 0 Å². The standard InChI is InChI=1S/C14H11ClN4O/c15-9-6-7-12(20)11(8-9)13-14(16)19(18-17-13)10-4-2-1-3-5-10/h1-8,20H,16H2. The summed E-state index contributed by atoms with van der Waals surface area (Å²) in [6.45, 7) is 0. The fourth-order valence-corrected chi connectivity index (χ4v) is 2.11. The zero-order valence-corrected chi connectivity index (χ0v) is 11.1. The average molecular weight is 287 g/mol. The molecule has 0 saturated heterocycles. The monoisotopic (exact) mass is 286 g/mol. The Morgan fingerprint density at radius 1 is 1.10 bits per heavy atom. The third kappa shape index (κ3) is 2.08. The second kappa shape index (κ2) is 4.86. The Kier molecular flexibility index (Phi) is 3.04. The summed E-state index contributed by atoms with van der Waals surface area (Å²) in [5.41, 5.74) is 7.72. The summed E-state index contributed by atoms with van der Waals surface area (Å²) in [4.78, 5) is 0. The van der Waals surface area contributed by atoms with Crippen LogP contribution in [-0.4, -0.2) is 20.1 Å². The second-order valence-electron chi connectivity index (χ2n) is 4.23. The fourth-order valence-electron chi connectivity index (χ4n) is 1.94. The van der Waals surface area contributed by atoms with E-state index >= 15 is 0 Å². The van der Waals surface area contributed by atoms with Crippen LogP contribution in [0.25, 0.3) is 16.9 Å². The van der Waals surface area contributed by atoms with E-state index in [9.17, 15) is 5.11 Å². The van der Waals surface area contributed by atoms with Gasteiger partial charge in [0, 0.05) is 10.6 Å². The molecule has 0 bridgehead atoms. The molecule has 2 aromatic carbocycles. The van der Waals surface area contributed by atoms with Crippen LogP contribution in [-0.2, 0) is 0 Å². The van der Waals surface area contributed by atoms with Crippen molar-refractivity contribution in [2.24, 2.45) is 0 Å². The molecule has 0 spiro atoms. The molecule has 0 aliphatic heterocycles. The van der Waals surface area contributed by atoms with E-state index in [1.165, 1.54) is 10.7 Å². The molecule has 0 saturated carbocycles. The molecule has 3 rings (SSSR count). The van der Waals surface area contributed by atoms with Crippen molar-refractivity contribution >= 4 is 17.4 Å². The zero-order valence-electron chi connectivity index (χ0n) is 10.4. The number of nitrogens with zero attached hydrogens (tertiary/aromatic N) is 3. The van der Waals surface area contributed by atoms with Gasteiger partial charge in [-0.1, -0.05) is 35.0 Å². The van der Waals surface area contributed by atoms with E-state index in [-0.39, 0.29) is 5.75 Å². The summed E-state index contributed by atoms with van der Waals surface area (Å²) < 4.78 is 1.51. The first-order chi connectivity index (χ1) is 9.66. The lowest BCUT2D eigenvalue weighted by Gasteiger charge is -2.05. The molecule has 3 aromatic rings. The highest BCUT2D eigenvalue weighted by Crippen LogP contribution is 2.34. The van der Waals surface area contributed by atoms with E-state index < -0.39 is 0 Å². The molecule has 0 atom stereocenters. The Balaban J connectivity index is 2.14. The van der Waals surface area contributed by atoms with Gasteiger partial charge in [0.1, 0.15) is 11.4 Å². The molecule has 0 radical (unpaired) electrons. The minimum absolute atomic E-state index is 0.0567. The lowest BCUT2D eigenvalue weighted by molar-refractivity contribution is 0.477. The first kappa shape index (κ1) is 12.5. The zero-order chi connectivity index (χ0) is 14.1. The Bertz CT molecular complexity index is 755. The maximum absolute atomic E-state index is 9.90. The van der Waals surface area contributed by atoms with Gasteiger partial charge in [0.25, 0.3) is 0 Å². The predicted molar refractivity (Wildman–Crippen MR) is 77.9 cm³/mol. The van der Waals surface area contributed by atoms with Crippen LogP contribution in [0.4, 0.5) is 5.82 Å². The van der Waals surface area contributed by atoms with E-state index in [1.807, 2.05) is 30.3 Å². The molecule has 1 heterocycles. The third-order valence-electron chi connectivity index (χ3n) is 2.92. The van der Waals surface area contributed by atoms with E-state index in [2.05, 4.69) is 10.3 Å². The van der Waals surface area contributed by atoms with Crippen molar-refractivity contribution < 1.29 is 5.11 Å². The van der Waals surface area contributed by atoms with E-state index in [4.69, 9.17) is 17.3 Å². The van der Waals surface area contributed by atoms with Crippen LogP contribution in [0.3, 0.4) is 0 Å². The fraction of sp³-hybridized carbons (Fsp3) is 0. The van der Waals surface area contributed by atoms with Gasteiger partial charge >= 0.3 is 0 Å². The predicted octanol–water partition coefficient (Wildman–Crippen LogP) is 2.88. The van der Waals surface area contributed by atoms with Gasteiger partial charge in [0.05, 0.1) is 5.69 Å². The Hall–Kier alpha value is -2.53. The number of nitrogens with two attached hydrogens (primary N) is 1. The first-order valence-electron chi connectivity index (χ1n) is 5.92. The quantitative estimate of drug-likeness (QED) is 0.759. The molecule has 100 valence electrons. The Morgan fingerprint density at radius 2 is 1.85 bits per heavy atom. The van der Waals surface area contributed by atoms with Crippen LogP contribution >= 0.6 is 11.6 Å². The molecule has 0 aliphatic carbocycles. The third-order valence-corrected chi connectivity index (χ3v) is 3.15. The van der Waals surface area contributed by atoms with Gasteiger partial charge in [-0.05, 0) is 30.3 Å². The van der Waals surface area contributed by atoms with Gasteiger partial charge in [0.2, 0.25) is 0 Å². The highest BCUT2D eigenvalue weighted by atomic mass is 35.5. The number of aromatic hydroxyl groups is 1. The number of anilines is 1. The van der Waals surface area contributed by atoms with Crippen LogP contribution in [0, 0.1) is 0 Å². The minimum atomic E-state index is 0.0567. The molecule has 20 heavy (non-hydrogen) atoms. The number of aromatic nitrogens is 3. The largest absolute Gasteiger partial charge is 0.507 e. The lowest BCUT2D eigenvalue weighted by Crippen LogP contribution is -2.01. The van der Waals surface area contributed by atoms with Crippen LogP contribution in [0.5, 0.6) is 5.75 Å². The van der Waals surface area contributed by atoms with E-state index in [0.29, 0.717) is 22.1 Å². The maximum atomic E-state index is 9.90. The van der Waals surface area contributed by atoms with Gasteiger partial charge in [-0.15, -0.1) is 5.10 Å². The number of hydrogen-bond donors (Lipinski definition) is 2. The van der Waals surface area contributed by atoms with Gasteiger partial charge in [-0.3, -0.25) is 0 Å². The molecular formula is C14H11ClN4O. The van der Waals surface area contributed by atoms with Crippen LogP contribution in [0.2, 0.25) is 5.02 Å². The van der Waals surface area contributed by atoms with Crippen molar-refractivity contribution in [1.29, 1.82) is 0 Å². The SMILES string of the molecule is Nc1c(-c2cc(Cl)ccc2O)nnn1-c1ccccc1. The summed E-state index contributed by atoms with van der Waals surface area (Å²) in [5, 5.41) is 18.4. The molecule has 5 nitrogen and oxygen atoms in total. The summed E-state index contributed by atoms with van der Waals surface area (Å²) in [5.74, 6) is 0.398. The number of phenols is 1. The van der Waals surface area contributed by atoms with Crippen molar-refractivity contribution in [3.63, 3.8) is 0 Å². The minimum Gasteiger partial charge on any atom is -0.507 e. The van der Waals surface area contributed by atoms with Crippen molar-refractivity contribution in [3.05, 3.63) is 53.6 Å². The highest BCUT2D eigenvalue weighted by molar-refractivity contribution is 6.31. The van der Waals surface area contributed by atoms with Crippen LogP contribution < -0.4 is 5.73 Å². The first-order valence-corrected chi connectivity index (χ1v) is 6.30. The number of para-hydroxylation sites is 1. The van der Waals surface area contributed by atoms with Crippen molar-refractivity contribution in [2.75, 3.05) is 5.73 Å². The Labute approximate surface area is 120 Å². The van der Waals surface area contributed by atoms with Gasteiger partial charge in [-0.2, -0.15) is 4.68 Å². The van der Waals surface area contributed by atoms with Crippen molar-refractivity contribution in [3.8, 4) is 22.7 Å². The number of nitrogen functional groups attached to an aromatic ring is 1. The van der Waals surface area contributed by atoms with Gasteiger partial charge < -0.3 is 10.8 Å². The van der Waals surface area contributed by atoms with Gasteiger partial charge in [0.15, 0.2) is 5.82 Å². The highest BCUT2D eigenvalue weighted by Gasteiger charge is 2.16. The maximum Gasteiger partial charge on any atom is 0.156 e. The number of benzene rings is 2. The number of phenolic OH excluding ortho intramolecular Hbond substituents is 1. The molecule has 0 fully saturated rings. The molecular weight excluding hydrogens is 276 g/mol. The molecule has 0 aliphatic rings. The molecule has 0 unspecified atom stereocenters. The van der Waals surface area contributed by atoms with E-state index in [0.717, 1.165) is 5.69 Å². The smallest absolute Gasteiger partial charge is 0.156 e. The summed E-state index contributed by atoms with van der Waals surface area (Å²) in [6, 6.07) is 14.1. The number of hydrogen-bond acceptors (Lipinski definition) is 4. The molecule has 3 N–H and O–H groups in total. The van der Waals surface area contributed by atoms with Crippen molar-refractivity contribution in [2.45, 2.75) is 0 Å². The lowest BCUT2D eigenvalue weighted by atomic mass is 10.1.